The maximum atomic E-state index is 10.7. The molecule has 0 aliphatic heterocycles. The number of rotatable bonds is 4. The molecule has 0 unspecified atom stereocenters. The highest BCUT2D eigenvalue weighted by Gasteiger charge is 2.45. The molecule has 0 bridgehead atoms. The Morgan fingerprint density at radius 1 is 0.714 bits per heavy atom. The Kier molecular flexibility index (Phi) is 2.94. The van der Waals surface area contributed by atoms with Gasteiger partial charge in [0, 0.05) is 29.7 Å². The molecule has 0 heterocycles. The van der Waals surface area contributed by atoms with E-state index in [4.69, 9.17) is 0 Å². The van der Waals surface area contributed by atoms with Crippen LogP contribution in [0.1, 0.15) is 24.0 Å². The van der Waals surface area contributed by atoms with Crippen molar-refractivity contribution in [3.05, 3.63) is 79.9 Å². The van der Waals surface area contributed by atoms with E-state index < -0.39 is 9.85 Å². The van der Waals surface area contributed by atoms with E-state index in [2.05, 4.69) is 0 Å². The third-order valence-electron chi connectivity index (χ3n) is 4.01. The van der Waals surface area contributed by atoms with E-state index in [-0.39, 0.29) is 16.8 Å². The molecule has 1 aliphatic carbocycles. The number of nitrogens with zero attached hydrogens (tertiary/aromatic N) is 2. The summed E-state index contributed by atoms with van der Waals surface area (Å²) < 4.78 is 0. The maximum Gasteiger partial charge on any atom is 0.269 e. The van der Waals surface area contributed by atoms with Crippen LogP contribution in [0.25, 0.3) is 0 Å². The number of nitro benzene ring substituents is 2. The lowest BCUT2D eigenvalue weighted by molar-refractivity contribution is -0.385. The number of non-ortho nitro benzene ring substituents is 2. The second kappa shape index (κ2) is 4.66. The lowest BCUT2D eigenvalue weighted by Crippen LogP contribution is -2.08. The van der Waals surface area contributed by atoms with Crippen LogP contribution in [-0.4, -0.2) is 9.85 Å². The summed E-state index contributed by atoms with van der Waals surface area (Å²) in [7, 11) is 0. The van der Waals surface area contributed by atoms with Gasteiger partial charge < -0.3 is 0 Å². The van der Waals surface area contributed by atoms with E-state index in [1.165, 1.54) is 24.3 Å². The zero-order valence-electron chi connectivity index (χ0n) is 11.1. The van der Waals surface area contributed by atoms with Crippen LogP contribution in [0.4, 0.5) is 11.4 Å². The highest BCUT2D eigenvalue weighted by molar-refractivity contribution is 5.49. The summed E-state index contributed by atoms with van der Waals surface area (Å²) in [6, 6.07) is 13.1. The quantitative estimate of drug-likeness (QED) is 0.634. The average molecular weight is 284 g/mol. The Morgan fingerprint density at radius 2 is 1.05 bits per heavy atom. The summed E-state index contributed by atoms with van der Waals surface area (Å²) in [6.45, 7) is 0. The molecule has 0 radical (unpaired) electrons. The fraction of sp³-hybridized carbons (Fsp3) is 0.200. The van der Waals surface area contributed by atoms with Gasteiger partial charge in [0.25, 0.3) is 11.4 Å². The van der Waals surface area contributed by atoms with Crippen molar-refractivity contribution >= 4 is 11.4 Å². The minimum Gasteiger partial charge on any atom is -0.258 e. The molecule has 0 saturated heterocycles. The van der Waals surface area contributed by atoms with Gasteiger partial charge in [-0.05, 0) is 24.0 Å². The van der Waals surface area contributed by atoms with E-state index in [1.807, 2.05) is 0 Å². The first kappa shape index (κ1) is 13.2. The highest BCUT2D eigenvalue weighted by atomic mass is 16.6. The van der Waals surface area contributed by atoms with Crippen molar-refractivity contribution in [1.82, 2.24) is 0 Å². The van der Waals surface area contributed by atoms with Gasteiger partial charge >= 0.3 is 0 Å². The SMILES string of the molecule is O=[N+]([O-])c1ccc(C2(c3ccc([N+](=O)[O-])cc3)CC2)cc1. The lowest BCUT2D eigenvalue weighted by Gasteiger charge is -2.16. The molecule has 2 aromatic rings. The van der Waals surface area contributed by atoms with Crippen molar-refractivity contribution in [3.63, 3.8) is 0 Å². The zero-order valence-corrected chi connectivity index (χ0v) is 11.1. The van der Waals surface area contributed by atoms with Crippen molar-refractivity contribution < 1.29 is 9.85 Å². The highest BCUT2D eigenvalue weighted by Crippen LogP contribution is 2.53. The van der Waals surface area contributed by atoms with Gasteiger partial charge in [-0.15, -0.1) is 0 Å². The third kappa shape index (κ3) is 2.24. The first-order valence-electron chi connectivity index (χ1n) is 6.53. The van der Waals surface area contributed by atoms with Crippen LogP contribution in [-0.2, 0) is 5.41 Å². The fourth-order valence-electron chi connectivity index (χ4n) is 2.67. The molecule has 106 valence electrons. The molecule has 0 N–H and O–H groups in total. The van der Waals surface area contributed by atoms with Crippen molar-refractivity contribution in [1.29, 1.82) is 0 Å². The normalized spacial score (nSPS) is 15.4. The molecule has 2 aromatic carbocycles. The van der Waals surface area contributed by atoms with Gasteiger partial charge in [0.15, 0.2) is 0 Å². The van der Waals surface area contributed by atoms with Crippen molar-refractivity contribution in [3.8, 4) is 0 Å². The van der Waals surface area contributed by atoms with Crippen LogP contribution in [0, 0.1) is 20.2 Å². The molecular weight excluding hydrogens is 272 g/mol. The van der Waals surface area contributed by atoms with Crippen LogP contribution < -0.4 is 0 Å². The minimum atomic E-state index is -0.421. The first-order valence-corrected chi connectivity index (χ1v) is 6.53. The summed E-state index contributed by atoms with van der Waals surface area (Å²) in [6.07, 6.45) is 1.89. The summed E-state index contributed by atoms with van der Waals surface area (Å²) >= 11 is 0. The van der Waals surface area contributed by atoms with E-state index in [1.54, 1.807) is 24.3 Å². The van der Waals surface area contributed by atoms with E-state index in [0.717, 1.165) is 24.0 Å². The van der Waals surface area contributed by atoms with Crippen molar-refractivity contribution in [2.24, 2.45) is 0 Å². The topological polar surface area (TPSA) is 86.3 Å². The Balaban J connectivity index is 1.93. The third-order valence-corrected chi connectivity index (χ3v) is 4.01. The smallest absolute Gasteiger partial charge is 0.258 e. The standard InChI is InChI=1S/C15H12N2O4/c18-16(19)13-5-1-11(2-6-13)15(9-10-15)12-3-7-14(8-4-12)17(20)21/h1-8H,9-10H2. The van der Waals surface area contributed by atoms with Crippen LogP contribution in [0.15, 0.2) is 48.5 Å². The molecule has 0 aromatic heterocycles. The van der Waals surface area contributed by atoms with E-state index >= 15 is 0 Å². The van der Waals surface area contributed by atoms with E-state index in [0.29, 0.717) is 0 Å². The predicted octanol–water partition coefficient (Wildman–Crippen LogP) is 3.58. The molecule has 6 nitrogen and oxygen atoms in total. The largest absolute Gasteiger partial charge is 0.269 e. The Hall–Kier alpha value is -2.76. The Morgan fingerprint density at radius 3 is 1.29 bits per heavy atom. The predicted molar refractivity (Wildman–Crippen MR) is 76.2 cm³/mol. The average Bonchev–Trinajstić information content (AvgIpc) is 3.29. The van der Waals surface area contributed by atoms with Crippen LogP contribution >= 0.6 is 0 Å². The van der Waals surface area contributed by atoms with Gasteiger partial charge in [0.1, 0.15) is 0 Å². The molecule has 0 amide bonds. The molecule has 1 saturated carbocycles. The van der Waals surface area contributed by atoms with Gasteiger partial charge in [-0.25, -0.2) is 0 Å². The number of hydrogen-bond acceptors (Lipinski definition) is 4. The van der Waals surface area contributed by atoms with Gasteiger partial charge in [-0.3, -0.25) is 20.2 Å². The summed E-state index contributed by atoms with van der Waals surface area (Å²) in [5.74, 6) is 0. The second-order valence-corrected chi connectivity index (χ2v) is 5.19. The summed E-state index contributed by atoms with van der Waals surface area (Å²) in [5.41, 5.74) is 2.02. The van der Waals surface area contributed by atoms with Gasteiger partial charge in [0.2, 0.25) is 0 Å². The monoisotopic (exact) mass is 284 g/mol. The number of benzene rings is 2. The molecule has 0 atom stereocenters. The van der Waals surface area contributed by atoms with Crippen LogP contribution in [0.5, 0.6) is 0 Å². The molecule has 21 heavy (non-hydrogen) atoms. The lowest BCUT2D eigenvalue weighted by atomic mass is 9.88. The maximum absolute atomic E-state index is 10.7. The van der Waals surface area contributed by atoms with Crippen molar-refractivity contribution in [2.75, 3.05) is 0 Å². The van der Waals surface area contributed by atoms with E-state index in [9.17, 15) is 20.2 Å². The summed E-state index contributed by atoms with van der Waals surface area (Å²) in [5, 5.41) is 21.4. The Labute approximate surface area is 120 Å². The van der Waals surface area contributed by atoms with Crippen LogP contribution in [0.2, 0.25) is 0 Å². The molecule has 6 heteroatoms. The fourth-order valence-corrected chi connectivity index (χ4v) is 2.67. The molecule has 3 rings (SSSR count). The second-order valence-electron chi connectivity index (χ2n) is 5.19. The number of hydrogen-bond donors (Lipinski definition) is 0. The molecule has 1 aliphatic rings. The first-order chi connectivity index (χ1) is 10.0. The van der Waals surface area contributed by atoms with Gasteiger partial charge in [0.05, 0.1) is 9.85 Å². The van der Waals surface area contributed by atoms with Crippen LogP contribution in [0.3, 0.4) is 0 Å². The number of nitro groups is 2. The van der Waals surface area contributed by atoms with Gasteiger partial charge in [-0.1, -0.05) is 24.3 Å². The zero-order chi connectivity index (χ0) is 15.0. The van der Waals surface area contributed by atoms with Crippen molar-refractivity contribution in [2.45, 2.75) is 18.3 Å². The molecule has 0 spiro atoms. The Bertz CT molecular complexity index is 644. The molecule has 1 fully saturated rings. The minimum absolute atomic E-state index is 0.0678. The summed E-state index contributed by atoms with van der Waals surface area (Å²) in [4.78, 5) is 20.5. The molecular formula is C15H12N2O4. The van der Waals surface area contributed by atoms with Gasteiger partial charge in [-0.2, -0.15) is 0 Å².